The first kappa shape index (κ1) is 13.4. The Morgan fingerprint density at radius 1 is 1.29 bits per heavy atom. The Hall–Kier alpha value is -0.610. The SMILES string of the molecule is CC1CN(C)CN(C=O)C1.CN(C)C. The van der Waals surface area contributed by atoms with E-state index in [-0.39, 0.29) is 0 Å². The van der Waals surface area contributed by atoms with E-state index in [1.54, 1.807) is 4.90 Å². The van der Waals surface area contributed by atoms with Gasteiger partial charge >= 0.3 is 0 Å². The van der Waals surface area contributed by atoms with Crippen LogP contribution < -0.4 is 0 Å². The molecule has 1 saturated heterocycles. The minimum absolute atomic E-state index is 0.615. The van der Waals surface area contributed by atoms with Crippen LogP contribution in [0.1, 0.15) is 6.92 Å². The minimum Gasteiger partial charge on any atom is -0.332 e. The summed E-state index contributed by atoms with van der Waals surface area (Å²) in [6, 6.07) is 0. The summed E-state index contributed by atoms with van der Waals surface area (Å²) in [5, 5.41) is 0. The smallest absolute Gasteiger partial charge is 0.210 e. The predicted octanol–water partition coefficient (Wildman–Crippen LogP) is 0.162. The molecule has 4 nitrogen and oxygen atoms in total. The highest BCUT2D eigenvalue weighted by molar-refractivity contribution is 5.47. The van der Waals surface area contributed by atoms with Gasteiger partial charge < -0.3 is 9.80 Å². The van der Waals surface area contributed by atoms with Gasteiger partial charge in [-0.05, 0) is 34.1 Å². The molecule has 0 N–H and O–H groups in total. The summed E-state index contributed by atoms with van der Waals surface area (Å²) in [6.07, 6.45) is 0.923. The Kier molecular flexibility index (Phi) is 6.49. The quantitative estimate of drug-likeness (QED) is 0.566. The van der Waals surface area contributed by atoms with Crippen LogP contribution in [-0.2, 0) is 4.79 Å². The highest BCUT2D eigenvalue weighted by Crippen LogP contribution is 2.07. The largest absolute Gasteiger partial charge is 0.332 e. The Bertz CT molecular complexity index is 149. The molecule has 0 bridgehead atoms. The molecule has 0 aliphatic carbocycles. The topological polar surface area (TPSA) is 26.8 Å². The van der Waals surface area contributed by atoms with Crippen LogP contribution in [0.5, 0.6) is 0 Å². The monoisotopic (exact) mass is 201 g/mol. The van der Waals surface area contributed by atoms with Gasteiger partial charge in [0.05, 0.1) is 6.67 Å². The van der Waals surface area contributed by atoms with Crippen LogP contribution in [0.3, 0.4) is 0 Å². The third kappa shape index (κ3) is 6.86. The molecule has 1 atom stereocenters. The Labute approximate surface area is 87.5 Å². The first-order chi connectivity index (χ1) is 6.45. The van der Waals surface area contributed by atoms with Crippen molar-refractivity contribution in [2.75, 3.05) is 47.9 Å². The molecule has 1 unspecified atom stereocenters. The van der Waals surface area contributed by atoms with Crippen molar-refractivity contribution in [2.45, 2.75) is 6.92 Å². The van der Waals surface area contributed by atoms with E-state index in [9.17, 15) is 4.79 Å². The summed E-state index contributed by atoms with van der Waals surface area (Å²) in [5.41, 5.74) is 0. The van der Waals surface area contributed by atoms with Gasteiger partial charge in [-0.1, -0.05) is 6.92 Å². The molecule has 0 aromatic rings. The zero-order valence-electron chi connectivity index (χ0n) is 10.0. The molecular weight excluding hydrogens is 178 g/mol. The number of hydrogen-bond acceptors (Lipinski definition) is 3. The lowest BCUT2D eigenvalue weighted by molar-refractivity contribution is -0.122. The molecule has 84 valence electrons. The van der Waals surface area contributed by atoms with Gasteiger partial charge in [0.1, 0.15) is 0 Å². The van der Waals surface area contributed by atoms with Gasteiger partial charge in [-0.2, -0.15) is 0 Å². The van der Waals surface area contributed by atoms with E-state index >= 15 is 0 Å². The van der Waals surface area contributed by atoms with Crippen LogP contribution >= 0.6 is 0 Å². The number of hydrogen-bond donors (Lipinski definition) is 0. The maximum absolute atomic E-state index is 10.4. The van der Waals surface area contributed by atoms with Gasteiger partial charge in [0.15, 0.2) is 0 Å². The highest BCUT2D eigenvalue weighted by Gasteiger charge is 2.17. The average molecular weight is 201 g/mol. The molecule has 1 amide bonds. The van der Waals surface area contributed by atoms with Crippen LogP contribution in [0.4, 0.5) is 0 Å². The summed E-state index contributed by atoms with van der Waals surface area (Å²) in [5.74, 6) is 0.615. The lowest BCUT2D eigenvalue weighted by atomic mass is 10.1. The van der Waals surface area contributed by atoms with Crippen molar-refractivity contribution < 1.29 is 4.79 Å². The second-order valence-corrected chi connectivity index (χ2v) is 4.50. The molecule has 1 rings (SSSR count). The lowest BCUT2D eigenvalue weighted by Gasteiger charge is -2.34. The molecule has 0 spiro atoms. The normalized spacial score (nSPS) is 23.0. The fraction of sp³-hybridized carbons (Fsp3) is 0.900. The fourth-order valence-electron chi connectivity index (χ4n) is 1.49. The van der Waals surface area contributed by atoms with E-state index in [1.165, 1.54) is 0 Å². The van der Waals surface area contributed by atoms with Crippen molar-refractivity contribution in [3.8, 4) is 0 Å². The van der Waals surface area contributed by atoms with Crippen LogP contribution in [0.2, 0.25) is 0 Å². The average Bonchev–Trinajstić information content (AvgIpc) is 2.01. The molecule has 4 heteroatoms. The first-order valence-electron chi connectivity index (χ1n) is 4.94. The number of carbonyl (C=O) groups excluding carboxylic acids is 1. The summed E-state index contributed by atoms with van der Waals surface area (Å²) >= 11 is 0. The molecule has 1 aliphatic heterocycles. The van der Waals surface area contributed by atoms with Gasteiger partial charge in [0.2, 0.25) is 6.41 Å². The van der Waals surface area contributed by atoms with Crippen LogP contribution in [0.15, 0.2) is 0 Å². The third-order valence-corrected chi connectivity index (χ3v) is 1.74. The Morgan fingerprint density at radius 2 is 1.79 bits per heavy atom. The van der Waals surface area contributed by atoms with Gasteiger partial charge in [0, 0.05) is 13.1 Å². The standard InChI is InChI=1S/C7H14N2O.C3H9N/c1-7-3-8(2)5-9(4-7)6-10;1-4(2)3/h6-7H,3-5H2,1-2H3;1-3H3. The van der Waals surface area contributed by atoms with E-state index in [2.05, 4.69) is 11.8 Å². The molecule has 1 fully saturated rings. The summed E-state index contributed by atoms with van der Waals surface area (Å²) < 4.78 is 0. The maximum Gasteiger partial charge on any atom is 0.210 e. The number of nitrogens with zero attached hydrogens (tertiary/aromatic N) is 3. The van der Waals surface area contributed by atoms with Crippen molar-refractivity contribution in [3.63, 3.8) is 0 Å². The summed E-state index contributed by atoms with van der Waals surface area (Å²) in [6.45, 7) is 4.96. The van der Waals surface area contributed by atoms with Crippen molar-refractivity contribution in [2.24, 2.45) is 5.92 Å². The second-order valence-electron chi connectivity index (χ2n) is 4.50. The van der Waals surface area contributed by atoms with E-state index in [0.29, 0.717) is 5.92 Å². The van der Waals surface area contributed by atoms with E-state index in [4.69, 9.17) is 0 Å². The maximum atomic E-state index is 10.4. The van der Waals surface area contributed by atoms with E-state index in [0.717, 1.165) is 26.2 Å². The van der Waals surface area contributed by atoms with Gasteiger partial charge in [0.25, 0.3) is 0 Å². The molecule has 14 heavy (non-hydrogen) atoms. The van der Waals surface area contributed by atoms with Crippen molar-refractivity contribution >= 4 is 6.41 Å². The Balaban J connectivity index is 0.000000364. The third-order valence-electron chi connectivity index (χ3n) is 1.74. The van der Waals surface area contributed by atoms with Gasteiger partial charge in [-0.25, -0.2) is 0 Å². The van der Waals surface area contributed by atoms with Crippen molar-refractivity contribution in [3.05, 3.63) is 0 Å². The van der Waals surface area contributed by atoms with E-state index in [1.807, 2.05) is 33.1 Å². The zero-order chi connectivity index (χ0) is 11.1. The zero-order valence-corrected chi connectivity index (χ0v) is 10.0. The number of rotatable bonds is 1. The van der Waals surface area contributed by atoms with E-state index < -0.39 is 0 Å². The van der Waals surface area contributed by atoms with Crippen LogP contribution in [0, 0.1) is 5.92 Å². The molecule has 0 aromatic heterocycles. The second kappa shape index (κ2) is 6.79. The molecule has 0 saturated carbocycles. The first-order valence-corrected chi connectivity index (χ1v) is 4.94. The lowest BCUT2D eigenvalue weighted by Crippen LogP contribution is -2.46. The molecular formula is C10H23N3O. The molecule has 0 aromatic carbocycles. The highest BCUT2D eigenvalue weighted by atomic mass is 16.1. The molecule has 1 heterocycles. The predicted molar refractivity (Wildman–Crippen MR) is 59.0 cm³/mol. The van der Waals surface area contributed by atoms with Gasteiger partial charge in [-0.3, -0.25) is 9.69 Å². The van der Waals surface area contributed by atoms with Crippen molar-refractivity contribution in [1.82, 2.24) is 14.7 Å². The Morgan fingerprint density at radius 3 is 2.14 bits per heavy atom. The summed E-state index contributed by atoms with van der Waals surface area (Å²) in [7, 11) is 8.03. The number of carbonyl (C=O) groups is 1. The van der Waals surface area contributed by atoms with Crippen molar-refractivity contribution in [1.29, 1.82) is 0 Å². The van der Waals surface area contributed by atoms with Gasteiger partial charge in [-0.15, -0.1) is 0 Å². The summed E-state index contributed by atoms with van der Waals surface area (Å²) in [4.78, 5) is 16.3. The fourth-order valence-corrected chi connectivity index (χ4v) is 1.49. The van der Waals surface area contributed by atoms with Crippen LogP contribution in [-0.4, -0.2) is 69.1 Å². The number of amides is 1. The minimum atomic E-state index is 0.615. The molecule has 1 aliphatic rings. The van der Waals surface area contributed by atoms with Crippen LogP contribution in [0.25, 0.3) is 0 Å². The molecule has 0 radical (unpaired) electrons.